The van der Waals surface area contributed by atoms with Gasteiger partial charge in [0.15, 0.2) is 0 Å². The maximum absolute atomic E-state index is 14.0. The Bertz CT molecular complexity index is 566. The highest BCUT2D eigenvalue weighted by atomic mass is 19.1. The van der Waals surface area contributed by atoms with Crippen LogP contribution in [0.2, 0.25) is 0 Å². The van der Waals surface area contributed by atoms with E-state index in [9.17, 15) is 4.39 Å². The summed E-state index contributed by atoms with van der Waals surface area (Å²) in [4.78, 5) is 4.07. The van der Waals surface area contributed by atoms with Crippen LogP contribution in [0.4, 0.5) is 4.39 Å². The molecule has 1 aromatic carbocycles. The molecule has 1 unspecified atom stereocenters. The molecule has 0 aliphatic heterocycles. The largest absolute Gasteiger partial charge is 0.497 e. The van der Waals surface area contributed by atoms with Crippen molar-refractivity contribution in [3.8, 4) is 11.4 Å². The number of halogens is 1. The van der Waals surface area contributed by atoms with E-state index in [0.717, 1.165) is 5.69 Å². The van der Waals surface area contributed by atoms with Gasteiger partial charge < -0.3 is 10.5 Å². The lowest BCUT2D eigenvalue weighted by atomic mass is 10.0. The SMILES string of the molecule is COc1ccc(F)c(-n2cncc2C(N)C(C)C)c1. The van der Waals surface area contributed by atoms with Gasteiger partial charge in [-0.05, 0) is 18.1 Å². The van der Waals surface area contributed by atoms with Crippen molar-refractivity contribution in [3.63, 3.8) is 0 Å². The monoisotopic (exact) mass is 263 g/mol. The van der Waals surface area contributed by atoms with Gasteiger partial charge in [-0.25, -0.2) is 9.37 Å². The van der Waals surface area contributed by atoms with Crippen molar-refractivity contribution in [3.05, 3.63) is 42.2 Å². The number of rotatable bonds is 4. The second kappa shape index (κ2) is 5.40. The third kappa shape index (κ3) is 2.61. The van der Waals surface area contributed by atoms with E-state index in [4.69, 9.17) is 10.5 Å². The van der Waals surface area contributed by atoms with Gasteiger partial charge in [-0.1, -0.05) is 13.8 Å². The van der Waals surface area contributed by atoms with Crippen molar-refractivity contribution in [2.45, 2.75) is 19.9 Å². The van der Waals surface area contributed by atoms with Crippen LogP contribution in [0, 0.1) is 11.7 Å². The highest BCUT2D eigenvalue weighted by molar-refractivity contribution is 5.42. The summed E-state index contributed by atoms with van der Waals surface area (Å²) in [7, 11) is 1.55. The van der Waals surface area contributed by atoms with Gasteiger partial charge in [0.1, 0.15) is 11.6 Å². The van der Waals surface area contributed by atoms with Gasteiger partial charge in [0.2, 0.25) is 0 Å². The number of hydrogen-bond acceptors (Lipinski definition) is 3. The van der Waals surface area contributed by atoms with Crippen molar-refractivity contribution >= 4 is 0 Å². The molecule has 5 heteroatoms. The maximum Gasteiger partial charge on any atom is 0.147 e. The van der Waals surface area contributed by atoms with Crippen LogP contribution in [0.1, 0.15) is 25.6 Å². The zero-order valence-corrected chi connectivity index (χ0v) is 11.3. The molecule has 1 aromatic heterocycles. The van der Waals surface area contributed by atoms with Gasteiger partial charge >= 0.3 is 0 Å². The lowest BCUT2D eigenvalue weighted by Crippen LogP contribution is -2.20. The fraction of sp³-hybridized carbons (Fsp3) is 0.357. The van der Waals surface area contributed by atoms with E-state index < -0.39 is 0 Å². The average molecular weight is 263 g/mol. The summed E-state index contributed by atoms with van der Waals surface area (Å²) in [6.45, 7) is 4.04. The number of imidazole rings is 1. The Kier molecular flexibility index (Phi) is 3.85. The summed E-state index contributed by atoms with van der Waals surface area (Å²) < 4.78 is 20.8. The molecular weight excluding hydrogens is 245 g/mol. The molecule has 1 heterocycles. The van der Waals surface area contributed by atoms with Crippen LogP contribution >= 0.6 is 0 Å². The summed E-state index contributed by atoms with van der Waals surface area (Å²) in [5.41, 5.74) is 7.30. The van der Waals surface area contributed by atoms with Gasteiger partial charge in [0, 0.05) is 12.1 Å². The average Bonchev–Trinajstić information content (AvgIpc) is 2.87. The molecule has 4 nitrogen and oxygen atoms in total. The number of nitrogens with zero attached hydrogens (tertiary/aromatic N) is 2. The minimum Gasteiger partial charge on any atom is -0.497 e. The Morgan fingerprint density at radius 3 is 2.74 bits per heavy atom. The number of ether oxygens (including phenoxy) is 1. The highest BCUT2D eigenvalue weighted by Crippen LogP contribution is 2.25. The first-order chi connectivity index (χ1) is 9.04. The number of hydrogen-bond donors (Lipinski definition) is 1. The molecule has 0 aliphatic carbocycles. The molecule has 2 rings (SSSR count). The van der Waals surface area contributed by atoms with Gasteiger partial charge in [0.25, 0.3) is 0 Å². The van der Waals surface area contributed by atoms with E-state index >= 15 is 0 Å². The van der Waals surface area contributed by atoms with E-state index in [0.29, 0.717) is 11.4 Å². The quantitative estimate of drug-likeness (QED) is 0.922. The first-order valence-electron chi connectivity index (χ1n) is 6.16. The number of aromatic nitrogens is 2. The molecule has 2 N–H and O–H groups in total. The van der Waals surface area contributed by atoms with Gasteiger partial charge in [-0.15, -0.1) is 0 Å². The maximum atomic E-state index is 14.0. The van der Waals surface area contributed by atoms with Gasteiger partial charge in [0.05, 0.1) is 31.0 Å². The molecule has 0 aliphatic rings. The minimum atomic E-state index is -0.337. The normalized spacial score (nSPS) is 12.7. The fourth-order valence-electron chi connectivity index (χ4n) is 1.90. The van der Waals surface area contributed by atoms with Crippen molar-refractivity contribution in [2.24, 2.45) is 11.7 Å². The van der Waals surface area contributed by atoms with Crippen molar-refractivity contribution in [2.75, 3.05) is 7.11 Å². The summed E-state index contributed by atoms with van der Waals surface area (Å²) in [5, 5.41) is 0. The van der Waals surface area contributed by atoms with Crippen molar-refractivity contribution < 1.29 is 9.13 Å². The molecule has 0 bridgehead atoms. The molecule has 0 spiro atoms. The second-order valence-electron chi connectivity index (χ2n) is 4.78. The van der Waals surface area contributed by atoms with Gasteiger partial charge in [-0.3, -0.25) is 4.57 Å². The minimum absolute atomic E-state index is 0.201. The molecule has 0 amide bonds. The summed E-state index contributed by atoms with van der Waals surface area (Å²) in [6.07, 6.45) is 3.24. The first-order valence-corrected chi connectivity index (χ1v) is 6.16. The van der Waals surface area contributed by atoms with Crippen LogP contribution in [-0.4, -0.2) is 16.7 Å². The third-order valence-corrected chi connectivity index (χ3v) is 3.14. The lowest BCUT2D eigenvalue weighted by molar-refractivity contribution is 0.413. The standard InChI is InChI=1S/C14H18FN3O/c1-9(2)14(16)13-7-17-8-18(13)12-6-10(19-3)4-5-11(12)15/h4-9,14H,16H2,1-3H3. The van der Waals surface area contributed by atoms with Crippen LogP contribution in [0.3, 0.4) is 0 Å². The molecule has 0 fully saturated rings. The van der Waals surface area contributed by atoms with Crippen LogP contribution in [0.5, 0.6) is 5.75 Å². The number of methoxy groups -OCH3 is 1. The molecule has 0 radical (unpaired) electrons. The molecule has 2 aromatic rings. The van der Waals surface area contributed by atoms with E-state index in [1.165, 1.54) is 6.07 Å². The first kappa shape index (κ1) is 13.5. The Balaban J connectivity index is 2.51. The van der Waals surface area contributed by atoms with E-state index in [-0.39, 0.29) is 17.8 Å². The molecule has 1 atom stereocenters. The Morgan fingerprint density at radius 1 is 1.37 bits per heavy atom. The predicted molar refractivity (Wildman–Crippen MR) is 71.8 cm³/mol. The molecule has 102 valence electrons. The zero-order valence-electron chi connectivity index (χ0n) is 11.3. The number of benzene rings is 1. The molecule has 19 heavy (non-hydrogen) atoms. The fourth-order valence-corrected chi connectivity index (χ4v) is 1.90. The summed E-state index contributed by atoms with van der Waals surface area (Å²) in [6, 6.07) is 4.39. The Morgan fingerprint density at radius 2 is 2.11 bits per heavy atom. The van der Waals surface area contributed by atoms with E-state index in [1.54, 1.807) is 36.3 Å². The van der Waals surface area contributed by atoms with Crippen LogP contribution < -0.4 is 10.5 Å². The van der Waals surface area contributed by atoms with E-state index in [1.807, 2.05) is 13.8 Å². The molecule has 0 saturated heterocycles. The third-order valence-electron chi connectivity index (χ3n) is 3.14. The van der Waals surface area contributed by atoms with Crippen LogP contribution in [0.25, 0.3) is 5.69 Å². The number of nitrogens with two attached hydrogens (primary N) is 1. The molecule has 0 saturated carbocycles. The topological polar surface area (TPSA) is 53.1 Å². The summed E-state index contributed by atoms with van der Waals surface area (Å²) in [5.74, 6) is 0.495. The molecular formula is C14H18FN3O. The Hall–Kier alpha value is -1.88. The Labute approximate surface area is 112 Å². The zero-order chi connectivity index (χ0) is 14.0. The van der Waals surface area contributed by atoms with Gasteiger partial charge in [-0.2, -0.15) is 0 Å². The predicted octanol–water partition coefficient (Wildman–Crippen LogP) is 2.68. The van der Waals surface area contributed by atoms with Crippen LogP contribution in [-0.2, 0) is 0 Å². The van der Waals surface area contributed by atoms with Crippen molar-refractivity contribution in [1.29, 1.82) is 0 Å². The van der Waals surface area contributed by atoms with E-state index in [2.05, 4.69) is 4.98 Å². The lowest BCUT2D eigenvalue weighted by Gasteiger charge is -2.18. The smallest absolute Gasteiger partial charge is 0.147 e. The van der Waals surface area contributed by atoms with Crippen molar-refractivity contribution in [1.82, 2.24) is 9.55 Å². The summed E-state index contributed by atoms with van der Waals surface area (Å²) >= 11 is 0. The van der Waals surface area contributed by atoms with Crippen LogP contribution in [0.15, 0.2) is 30.7 Å². The highest BCUT2D eigenvalue weighted by Gasteiger charge is 2.18. The second-order valence-corrected chi connectivity index (χ2v) is 4.78.